The Bertz CT molecular complexity index is 379. The van der Waals surface area contributed by atoms with E-state index in [0.29, 0.717) is 12.2 Å². The molecule has 1 N–H and O–H groups in total. The van der Waals surface area contributed by atoms with E-state index in [2.05, 4.69) is 5.92 Å². The Labute approximate surface area is 83.0 Å². The van der Waals surface area contributed by atoms with Crippen molar-refractivity contribution in [2.24, 2.45) is 0 Å². The Hall–Kier alpha value is -1.95. The molecule has 0 aliphatic heterocycles. The van der Waals surface area contributed by atoms with E-state index in [-0.39, 0.29) is 5.56 Å². The monoisotopic (exact) mass is 189 g/mol. The maximum atomic E-state index is 10.9. The van der Waals surface area contributed by atoms with Crippen molar-refractivity contribution < 1.29 is 9.90 Å². The third-order valence-electron chi connectivity index (χ3n) is 1.87. The van der Waals surface area contributed by atoms with Gasteiger partial charge in [-0.25, -0.2) is 4.79 Å². The van der Waals surface area contributed by atoms with E-state index in [9.17, 15) is 4.79 Å². The lowest BCUT2D eigenvalue weighted by Crippen LogP contribution is -2.19. The first-order valence-electron chi connectivity index (χ1n) is 4.13. The maximum Gasteiger partial charge on any atom is 0.337 e. The van der Waals surface area contributed by atoms with Crippen LogP contribution in [0.15, 0.2) is 24.3 Å². The molecule has 0 saturated carbocycles. The zero-order valence-corrected chi connectivity index (χ0v) is 7.90. The Morgan fingerprint density at radius 3 is 2.79 bits per heavy atom. The van der Waals surface area contributed by atoms with Gasteiger partial charge in [-0.05, 0) is 12.1 Å². The van der Waals surface area contributed by atoms with Crippen LogP contribution in [0.1, 0.15) is 10.4 Å². The predicted molar refractivity (Wildman–Crippen MR) is 55.5 cm³/mol. The molecule has 0 bridgehead atoms. The second-order valence-electron chi connectivity index (χ2n) is 2.88. The second-order valence-corrected chi connectivity index (χ2v) is 2.88. The first-order chi connectivity index (χ1) is 6.66. The van der Waals surface area contributed by atoms with Crippen LogP contribution >= 0.6 is 0 Å². The maximum absolute atomic E-state index is 10.9. The van der Waals surface area contributed by atoms with Gasteiger partial charge in [0.15, 0.2) is 0 Å². The molecule has 1 aromatic carbocycles. The topological polar surface area (TPSA) is 40.5 Å². The number of benzene rings is 1. The lowest BCUT2D eigenvalue weighted by molar-refractivity contribution is 0.0697. The van der Waals surface area contributed by atoms with Crippen molar-refractivity contribution in [2.75, 3.05) is 18.5 Å². The average molecular weight is 189 g/mol. The molecule has 0 atom stereocenters. The van der Waals surface area contributed by atoms with E-state index >= 15 is 0 Å². The van der Waals surface area contributed by atoms with E-state index < -0.39 is 5.97 Å². The van der Waals surface area contributed by atoms with E-state index in [1.54, 1.807) is 36.2 Å². The molecule has 0 aromatic heterocycles. The zero-order valence-electron chi connectivity index (χ0n) is 7.90. The molecule has 0 fully saturated rings. The molecule has 0 spiro atoms. The van der Waals surface area contributed by atoms with Crippen molar-refractivity contribution in [1.82, 2.24) is 0 Å². The van der Waals surface area contributed by atoms with Gasteiger partial charge in [0.05, 0.1) is 17.8 Å². The molecule has 3 heteroatoms. The van der Waals surface area contributed by atoms with Crippen LogP contribution in [-0.2, 0) is 0 Å². The summed E-state index contributed by atoms with van der Waals surface area (Å²) in [5.41, 5.74) is 0.906. The van der Waals surface area contributed by atoms with Gasteiger partial charge in [-0.15, -0.1) is 6.42 Å². The largest absolute Gasteiger partial charge is 0.478 e. The molecule has 0 amide bonds. The summed E-state index contributed by atoms with van der Waals surface area (Å²) >= 11 is 0. The second kappa shape index (κ2) is 4.33. The van der Waals surface area contributed by atoms with E-state index in [0.717, 1.165) is 0 Å². The highest BCUT2D eigenvalue weighted by Gasteiger charge is 2.11. The smallest absolute Gasteiger partial charge is 0.337 e. The minimum atomic E-state index is -0.940. The van der Waals surface area contributed by atoms with Crippen LogP contribution in [0.2, 0.25) is 0 Å². The van der Waals surface area contributed by atoms with Gasteiger partial charge in [0.25, 0.3) is 0 Å². The number of carboxylic acid groups (broad SMARTS) is 1. The van der Waals surface area contributed by atoms with Gasteiger partial charge in [0.2, 0.25) is 0 Å². The summed E-state index contributed by atoms with van der Waals surface area (Å²) in [4.78, 5) is 12.6. The highest BCUT2D eigenvalue weighted by Crippen LogP contribution is 2.18. The van der Waals surface area contributed by atoms with Gasteiger partial charge >= 0.3 is 5.97 Å². The quantitative estimate of drug-likeness (QED) is 0.732. The first kappa shape index (κ1) is 10.1. The van der Waals surface area contributed by atoms with Gasteiger partial charge in [0, 0.05) is 7.05 Å². The van der Waals surface area contributed by atoms with Gasteiger partial charge in [0.1, 0.15) is 0 Å². The van der Waals surface area contributed by atoms with Crippen LogP contribution in [0.25, 0.3) is 0 Å². The van der Waals surface area contributed by atoms with Crippen LogP contribution < -0.4 is 4.90 Å². The van der Waals surface area contributed by atoms with Gasteiger partial charge < -0.3 is 10.0 Å². The van der Waals surface area contributed by atoms with Crippen LogP contribution in [0.4, 0.5) is 5.69 Å². The minimum Gasteiger partial charge on any atom is -0.478 e. The molecule has 0 aliphatic carbocycles. The molecular weight excluding hydrogens is 178 g/mol. The lowest BCUT2D eigenvalue weighted by Gasteiger charge is -2.17. The summed E-state index contributed by atoms with van der Waals surface area (Å²) in [5.74, 6) is 1.52. The number of carboxylic acids is 1. The van der Waals surface area contributed by atoms with E-state index in [1.165, 1.54) is 0 Å². The average Bonchev–Trinajstić information content (AvgIpc) is 2.18. The number of carbonyl (C=O) groups is 1. The van der Waals surface area contributed by atoms with Crippen molar-refractivity contribution in [3.63, 3.8) is 0 Å². The van der Waals surface area contributed by atoms with Crippen molar-refractivity contribution in [2.45, 2.75) is 0 Å². The number of terminal acetylenes is 1. The fourth-order valence-corrected chi connectivity index (χ4v) is 1.21. The molecule has 0 unspecified atom stereocenters. The summed E-state index contributed by atoms with van der Waals surface area (Å²) in [7, 11) is 1.77. The summed E-state index contributed by atoms with van der Waals surface area (Å²) in [6.45, 7) is 0.393. The highest BCUT2D eigenvalue weighted by atomic mass is 16.4. The Morgan fingerprint density at radius 1 is 1.57 bits per heavy atom. The number of anilines is 1. The van der Waals surface area contributed by atoms with Gasteiger partial charge in [-0.2, -0.15) is 0 Å². The fourth-order valence-electron chi connectivity index (χ4n) is 1.21. The first-order valence-corrected chi connectivity index (χ1v) is 4.13. The van der Waals surface area contributed by atoms with Crippen molar-refractivity contribution in [3.8, 4) is 12.3 Å². The molecule has 3 nitrogen and oxygen atoms in total. The third kappa shape index (κ3) is 2.05. The summed E-state index contributed by atoms with van der Waals surface area (Å²) in [5, 5.41) is 8.90. The van der Waals surface area contributed by atoms with Gasteiger partial charge in [-0.3, -0.25) is 0 Å². The van der Waals surface area contributed by atoms with Crippen molar-refractivity contribution in [3.05, 3.63) is 29.8 Å². The molecule has 0 heterocycles. The van der Waals surface area contributed by atoms with Crippen LogP contribution in [0.5, 0.6) is 0 Å². The normalized spacial score (nSPS) is 9.14. The highest BCUT2D eigenvalue weighted by molar-refractivity contribution is 5.94. The lowest BCUT2D eigenvalue weighted by atomic mass is 10.1. The Morgan fingerprint density at radius 2 is 2.21 bits per heavy atom. The molecular formula is C11H11NO2. The molecule has 72 valence electrons. The number of nitrogens with zero attached hydrogens (tertiary/aromatic N) is 1. The number of aromatic carboxylic acids is 1. The van der Waals surface area contributed by atoms with Gasteiger partial charge in [-0.1, -0.05) is 18.1 Å². The van der Waals surface area contributed by atoms with Crippen molar-refractivity contribution in [1.29, 1.82) is 0 Å². The van der Waals surface area contributed by atoms with E-state index in [1.807, 2.05) is 0 Å². The van der Waals surface area contributed by atoms with E-state index in [4.69, 9.17) is 11.5 Å². The molecule has 0 saturated heterocycles. The third-order valence-corrected chi connectivity index (χ3v) is 1.87. The number of hydrogen-bond acceptors (Lipinski definition) is 2. The van der Waals surface area contributed by atoms with Crippen LogP contribution in [0, 0.1) is 12.3 Å². The molecule has 14 heavy (non-hydrogen) atoms. The van der Waals surface area contributed by atoms with Crippen LogP contribution in [-0.4, -0.2) is 24.7 Å². The minimum absolute atomic E-state index is 0.269. The Kier molecular flexibility index (Phi) is 3.14. The SMILES string of the molecule is C#CCN(C)c1ccccc1C(=O)O. The number of hydrogen-bond donors (Lipinski definition) is 1. The molecule has 0 aliphatic rings. The Balaban J connectivity index is 3.08. The molecule has 1 rings (SSSR count). The number of rotatable bonds is 3. The van der Waals surface area contributed by atoms with Crippen molar-refractivity contribution >= 4 is 11.7 Å². The zero-order chi connectivity index (χ0) is 10.6. The molecule has 1 aromatic rings. The number of para-hydroxylation sites is 1. The fraction of sp³-hybridized carbons (Fsp3) is 0.182. The standard InChI is InChI=1S/C11H11NO2/c1-3-8-12(2)10-7-5-4-6-9(10)11(13)14/h1,4-7H,8H2,2H3,(H,13,14). The summed E-state index contributed by atoms with van der Waals surface area (Å²) < 4.78 is 0. The summed E-state index contributed by atoms with van der Waals surface area (Å²) in [6.07, 6.45) is 5.15. The molecule has 0 radical (unpaired) electrons. The van der Waals surface area contributed by atoms with Crippen LogP contribution in [0.3, 0.4) is 0 Å². The summed E-state index contributed by atoms with van der Waals surface area (Å²) in [6, 6.07) is 6.77. The predicted octanol–water partition coefficient (Wildman–Crippen LogP) is 1.45.